The van der Waals surface area contributed by atoms with Gasteiger partial charge in [0.1, 0.15) is 5.78 Å². The van der Waals surface area contributed by atoms with Gasteiger partial charge in [-0.05, 0) is 24.6 Å². The number of halogens is 2. The number of ketones is 1. The van der Waals surface area contributed by atoms with Crippen LogP contribution in [0.25, 0.3) is 0 Å². The molecule has 0 radical (unpaired) electrons. The van der Waals surface area contributed by atoms with Gasteiger partial charge in [0.2, 0.25) is 5.91 Å². The second-order valence-electron chi connectivity index (χ2n) is 3.39. The third-order valence-electron chi connectivity index (χ3n) is 1.90. The lowest BCUT2D eigenvalue weighted by Crippen LogP contribution is -2.24. The molecule has 1 aromatic rings. The minimum Gasteiger partial charge on any atom is -0.352 e. The molecule has 16 heavy (non-hydrogen) atoms. The summed E-state index contributed by atoms with van der Waals surface area (Å²) in [6.07, 6.45) is -0.106. The van der Waals surface area contributed by atoms with Gasteiger partial charge in [-0.15, -0.1) is 0 Å². The van der Waals surface area contributed by atoms with Gasteiger partial charge in [-0.3, -0.25) is 9.59 Å². The van der Waals surface area contributed by atoms with Gasteiger partial charge in [-0.2, -0.15) is 0 Å². The van der Waals surface area contributed by atoms with Crippen molar-refractivity contribution in [2.75, 3.05) is 0 Å². The van der Waals surface area contributed by atoms with Crippen molar-refractivity contribution >= 4 is 34.9 Å². The van der Waals surface area contributed by atoms with E-state index in [1.54, 1.807) is 18.2 Å². The van der Waals surface area contributed by atoms with E-state index >= 15 is 0 Å². The number of rotatable bonds is 4. The Kier molecular flexibility index (Phi) is 4.77. The molecule has 86 valence electrons. The van der Waals surface area contributed by atoms with Gasteiger partial charge in [0.15, 0.2) is 0 Å². The summed E-state index contributed by atoms with van der Waals surface area (Å²) < 4.78 is 0. The van der Waals surface area contributed by atoms with Crippen LogP contribution in [0.5, 0.6) is 0 Å². The maximum atomic E-state index is 11.2. The third-order valence-corrected chi connectivity index (χ3v) is 2.49. The van der Waals surface area contributed by atoms with Gasteiger partial charge < -0.3 is 5.32 Å². The van der Waals surface area contributed by atoms with Gasteiger partial charge in [0, 0.05) is 16.6 Å². The molecule has 0 saturated heterocycles. The van der Waals surface area contributed by atoms with E-state index in [2.05, 4.69) is 5.32 Å². The topological polar surface area (TPSA) is 46.2 Å². The molecule has 3 nitrogen and oxygen atoms in total. The van der Waals surface area contributed by atoms with Crippen molar-refractivity contribution in [2.24, 2.45) is 0 Å². The zero-order valence-corrected chi connectivity index (χ0v) is 10.2. The number of hydrogen-bond acceptors (Lipinski definition) is 2. The predicted octanol–water partition coefficient (Wildman–Crippen LogP) is 2.59. The Bertz CT molecular complexity index is 418. The number of carbonyl (C=O) groups excluding carboxylic acids is 2. The molecule has 0 heterocycles. The molecule has 1 N–H and O–H groups in total. The van der Waals surface area contributed by atoms with E-state index in [1.807, 2.05) is 0 Å². The van der Waals surface area contributed by atoms with Crippen molar-refractivity contribution in [3.8, 4) is 0 Å². The smallest absolute Gasteiger partial charge is 0.227 e. The Hall–Kier alpha value is -1.06. The third kappa shape index (κ3) is 4.21. The fraction of sp³-hybridized carbons (Fsp3) is 0.273. The average molecular weight is 260 g/mol. The van der Waals surface area contributed by atoms with E-state index in [0.29, 0.717) is 16.6 Å². The summed E-state index contributed by atoms with van der Waals surface area (Å²) in [6, 6.07) is 5.04. The second-order valence-corrected chi connectivity index (χ2v) is 4.23. The van der Waals surface area contributed by atoms with E-state index in [9.17, 15) is 9.59 Å². The van der Waals surface area contributed by atoms with Crippen LogP contribution in [0.3, 0.4) is 0 Å². The lowest BCUT2D eigenvalue weighted by molar-refractivity contribution is -0.127. The molecule has 0 atom stereocenters. The highest BCUT2D eigenvalue weighted by Gasteiger charge is 2.06. The first-order valence-electron chi connectivity index (χ1n) is 4.69. The first-order chi connectivity index (χ1) is 7.49. The van der Waals surface area contributed by atoms with Crippen LogP contribution < -0.4 is 5.32 Å². The summed E-state index contributed by atoms with van der Waals surface area (Å²) in [6.45, 7) is 1.66. The molecule has 0 bridgehead atoms. The summed E-state index contributed by atoms with van der Waals surface area (Å²) >= 11 is 11.6. The Morgan fingerprint density at radius 1 is 1.31 bits per heavy atom. The molecular formula is C11H11Cl2NO2. The van der Waals surface area contributed by atoms with E-state index in [0.717, 1.165) is 5.56 Å². The Balaban J connectivity index is 2.54. The quantitative estimate of drug-likeness (QED) is 0.846. The lowest BCUT2D eigenvalue weighted by atomic mass is 10.2. The minimum atomic E-state index is -0.307. The molecule has 0 aliphatic heterocycles. The van der Waals surface area contributed by atoms with Crippen LogP contribution in [-0.4, -0.2) is 11.7 Å². The Morgan fingerprint density at radius 3 is 2.56 bits per heavy atom. The number of nitrogens with one attached hydrogen (secondary N) is 1. The van der Waals surface area contributed by atoms with E-state index in [1.165, 1.54) is 6.92 Å². The lowest BCUT2D eigenvalue weighted by Gasteiger charge is -2.06. The molecule has 1 amide bonds. The van der Waals surface area contributed by atoms with Gasteiger partial charge >= 0.3 is 0 Å². The van der Waals surface area contributed by atoms with Crippen molar-refractivity contribution in [3.05, 3.63) is 33.8 Å². The van der Waals surface area contributed by atoms with Crippen molar-refractivity contribution in [1.29, 1.82) is 0 Å². The highest BCUT2D eigenvalue weighted by Crippen LogP contribution is 2.20. The normalized spacial score (nSPS) is 9.94. The molecule has 0 aliphatic carbocycles. The van der Waals surface area contributed by atoms with Gasteiger partial charge in [-0.1, -0.05) is 29.3 Å². The predicted molar refractivity (Wildman–Crippen MR) is 63.6 cm³/mol. The maximum absolute atomic E-state index is 11.2. The fourth-order valence-electron chi connectivity index (χ4n) is 1.15. The molecule has 0 saturated carbocycles. The second kappa shape index (κ2) is 5.87. The van der Waals surface area contributed by atoms with E-state index in [4.69, 9.17) is 23.2 Å². The highest BCUT2D eigenvalue weighted by atomic mass is 35.5. The summed E-state index contributed by atoms with van der Waals surface area (Å²) in [4.78, 5) is 21.9. The molecule has 5 heteroatoms. The Morgan fingerprint density at radius 2 is 2.00 bits per heavy atom. The average Bonchev–Trinajstić information content (AvgIpc) is 2.15. The molecule has 0 aliphatic rings. The van der Waals surface area contributed by atoms with Crippen molar-refractivity contribution in [1.82, 2.24) is 5.32 Å². The first-order valence-corrected chi connectivity index (χ1v) is 5.44. The molecular weight excluding hydrogens is 249 g/mol. The Labute approximate surface area is 104 Å². The summed E-state index contributed by atoms with van der Waals surface area (Å²) in [5.74, 6) is -0.474. The minimum absolute atomic E-state index is 0.106. The van der Waals surface area contributed by atoms with Crippen LogP contribution in [-0.2, 0) is 16.1 Å². The molecule has 0 fully saturated rings. The summed E-state index contributed by atoms with van der Waals surface area (Å²) in [5.41, 5.74) is 0.767. The molecule has 1 rings (SSSR count). The van der Waals surface area contributed by atoms with Gasteiger partial charge in [0.25, 0.3) is 0 Å². The van der Waals surface area contributed by atoms with Crippen LogP contribution in [0, 0.1) is 0 Å². The number of benzene rings is 1. The van der Waals surface area contributed by atoms with Crippen LogP contribution >= 0.6 is 23.2 Å². The van der Waals surface area contributed by atoms with E-state index < -0.39 is 0 Å². The molecule has 0 aromatic heterocycles. The zero-order valence-electron chi connectivity index (χ0n) is 8.72. The number of hydrogen-bond donors (Lipinski definition) is 1. The first kappa shape index (κ1) is 13.0. The van der Waals surface area contributed by atoms with Crippen molar-refractivity contribution < 1.29 is 9.59 Å². The highest BCUT2D eigenvalue weighted by molar-refractivity contribution is 6.35. The fourth-order valence-corrected chi connectivity index (χ4v) is 1.62. The van der Waals surface area contributed by atoms with Gasteiger partial charge in [0.05, 0.1) is 6.42 Å². The molecule has 0 unspecified atom stereocenters. The van der Waals surface area contributed by atoms with E-state index in [-0.39, 0.29) is 18.1 Å². The van der Waals surface area contributed by atoms with Crippen molar-refractivity contribution in [2.45, 2.75) is 19.9 Å². The molecule has 0 spiro atoms. The largest absolute Gasteiger partial charge is 0.352 e. The zero-order chi connectivity index (χ0) is 12.1. The number of amides is 1. The SMILES string of the molecule is CC(=O)CC(=O)NCc1ccc(Cl)cc1Cl. The van der Waals surface area contributed by atoms with Crippen LogP contribution in [0.1, 0.15) is 18.9 Å². The van der Waals surface area contributed by atoms with Crippen LogP contribution in [0.4, 0.5) is 0 Å². The summed E-state index contributed by atoms with van der Waals surface area (Å²) in [7, 11) is 0. The van der Waals surface area contributed by atoms with Gasteiger partial charge in [-0.25, -0.2) is 0 Å². The standard InChI is InChI=1S/C11H11Cl2NO2/c1-7(15)4-11(16)14-6-8-2-3-9(12)5-10(8)13/h2-3,5H,4,6H2,1H3,(H,14,16). The number of carbonyl (C=O) groups is 2. The monoisotopic (exact) mass is 259 g/mol. The van der Waals surface area contributed by atoms with Crippen LogP contribution in [0.2, 0.25) is 10.0 Å². The van der Waals surface area contributed by atoms with Crippen LogP contribution in [0.15, 0.2) is 18.2 Å². The van der Waals surface area contributed by atoms with Crippen molar-refractivity contribution in [3.63, 3.8) is 0 Å². The molecule has 1 aromatic carbocycles. The number of Topliss-reactive ketones (excluding diaryl/α,β-unsaturated/α-hetero) is 1. The summed E-state index contributed by atoms with van der Waals surface area (Å²) in [5, 5.41) is 3.64. The maximum Gasteiger partial charge on any atom is 0.227 e.